The molecule has 46 heavy (non-hydrogen) atoms. The van der Waals surface area contributed by atoms with E-state index in [-0.39, 0.29) is 36.0 Å². The molecule has 7 fully saturated rings. The molecule has 0 aromatic carbocycles. The Hall–Kier alpha value is -0.770. The fourth-order valence-corrected chi connectivity index (χ4v) is 13.2. The summed E-state index contributed by atoms with van der Waals surface area (Å²) in [7, 11) is 0. The van der Waals surface area contributed by atoms with Gasteiger partial charge in [0.25, 0.3) is 0 Å². The molecule has 12 atom stereocenters. The topological polar surface area (TPSA) is 97.7 Å². The number of morpholine rings is 1. The summed E-state index contributed by atoms with van der Waals surface area (Å²) >= 11 is 0. The van der Waals surface area contributed by atoms with Crippen molar-refractivity contribution in [1.29, 1.82) is 0 Å². The zero-order valence-corrected chi connectivity index (χ0v) is 30.0. The molecule has 2 heterocycles. The van der Waals surface area contributed by atoms with Gasteiger partial charge in [-0.2, -0.15) is 0 Å². The van der Waals surface area contributed by atoms with Crippen molar-refractivity contribution in [2.45, 2.75) is 162 Å². The minimum Gasteiger partial charge on any atom is -0.457 e. The molecule has 2 spiro atoms. The first-order chi connectivity index (χ1) is 21.4. The molecule has 2 aliphatic heterocycles. The van der Waals surface area contributed by atoms with Gasteiger partial charge >= 0.3 is 5.97 Å². The number of ether oxygens (including phenoxy) is 4. The highest BCUT2D eigenvalue weighted by atomic mass is 16.7. The number of hydrogen-bond acceptors (Lipinski definition) is 8. The van der Waals surface area contributed by atoms with Gasteiger partial charge in [0.15, 0.2) is 12.4 Å². The third kappa shape index (κ3) is 5.33. The highest BCUT2D eigenvalue weighted by molar-refractivity contribution is 5.66. The Kier molecular flexibility index (Phi) is 8.15. The van der Waals surface area contributed by atoms with E-state index in [2.05, 4.69) is 25.7 Å². The van der Waals surface area contributed by atoms with Crippen LogP contribution in [0.3, 0.4) is 0 Å². The maximum atomic E-state index is 12.0. The smallest absolute Gasteiger partial charge is 0.303 e. The van der Waals surface area contributed by atoms with E-state index in [0.29, 0.717) is 47.2 Å². The first-order valence-corrected chi connectivity index (χ1v) is 18.7. The minimum absolute atomic E-state index is 0.0954. The molecule has 8 heteroatoms. The first-order valence-electron chi connectivity index (χ1n) is 18.7. The van der Waals surface area contributed by atoms with E-state index in [9.17, 15) is 15.0 Å². The van der Waals surface area contributed by atoms with Crippen LogP contribution in [-0.2, 0) is 23.7 Å². The highest BCUT2D eigenvalue weighted by Crippen LogP contribution is 2.87. The predicted molar refractivity (Wildman–Crippen MR) is 175 cm³/mol. The Balaban J connectivity index is 1.04. The van der Waals surface area contributed by atoms with E-state index in [4.69, 9.17) is 18.9 Å². The molecule has 5 aliphatic carbocycles. The summed E-state index contributed by atoms with van der Waals surface area (Å²) in [4.78, 5) is 14.2. The van der Waals surface area contributed by atoms with Crippen molar-refractivity contribution in [3.8, 4) is 0 Å². The standard InChI is InChI=1S/C38H63NO7/c1-23(40)44-32(35(6,7)42)27-11-9-25-28(45-27)19-26-24-10-12-29-34(4,5)30(46-31-20-39(17-18-43-31)22-33(2,3)41)13-14-38(29)21-37(24,38)16-15-36(25,26)8/h24-32,41-42H,9-22H2,1-8H3/t24?,25?,26?,27?,28?,29?,30-,31?,32-,36?,37-,38?/m0/s1. The monoisotopic (exact) mass is 645 g/mol. The van der Waals surface area contributed by atoms with Crippen LogP contribution < -0.4 is 0 Å². The van der Waals surface area contributed by atoms with Gasteiger partial charge in [-0.25, -0.2) is 0 Å². The molecular formula is C38H63NO7. The van der Waals surface area contributed by atoms with Crippen LogP contribution in [-0.4, -0.2) is 89.2 Å². The number of carbonyl (C=O) groups is 1. The van der Waals surface area contributed by atoms with Crippen LogP contribution in [0.5, 0.6) is 0 Å². The Bertz CT molecular complexity index is 1180. The fraction of sp³-hybridized carbons (Fsp3) is 0.974. The molecule has 7 rings (SSSR count). The van der Waals surface area contributed by atoms with E-state index in [0.717, 1.165) is 44.7 Å². The van der Waals surface area contributed by atoms with Gasteiger partial charge in [-0.05, 0) is 137 Å². The molecule has 8 nitrogen and oxygen atoms in total. The Morgan fingerprint density at radius 3 is 2.39 bits per heavy atom. The molecule has 2 N–H and O–H groups in total. The Morgan fingerprint density at radius 1 is 0.957 bits per heavy atom. The Labute approximate surface area is 277 Å². The SMILES string of the molecule is CC(=O)O[C@@H](C1CCC2C(CC3C4CCC5C(C)(C)[C@@H](OC6CN(CC(C)(C)O)CCO6)CCC56C[C@@]46CCC23C)O1)C(C)(C)O. The quantitative estimate of drug-likeness (QED) is 0.340. The van der Waals surface area contributed by atoms with Crippen LogP contribution >= 0.6 is 0 Å². The second-order valence-electron chi connectivity index (χ2n) is 19.0. The van der Waals surface area contributed by atoms with Crippen LogP contribution in [0.15, 0.2) is 0 Å². The molecule has 0 aromatic rings. The van der Waals surface area contributed by atoms with E-state index < -0.39 is 17.3 Å². The number of nitrogens with zero attached hydrogens (tertiary/aromatic N) is 1. The summed E-state index contributed by atoms with van der Waals surface area (Å²) in [5, 5.41) is 21.3. The van der Waals surface area contributed by atoms with Gasteiger partial charge in [-0.3, -0.25) is 9.69 Å². The summed E-state index contributed by atoms with van der Waals surface area (Å²) in [6.07, 6.45) is 11.3. The van der Waals surface area contributed by atoms with Crippen molar-refractivity contribution in [3.05, 3.63) is 0 Å². The van der Waals surface area contributed by atoms with Crippen molar-refractivity contribution >= 4 is 5.97 Å². The van der Waals surface area contributed by atoms with Crippen molar-refractivity contribution in [2.24, 2.45) is 45.3 Å². The van der Waals surface area contributed by atoms with Gasteiger partial charge in [-0.15, -0.1) is 0 Å². The number of aliphatic hydroxyl groups is 2. The summed E-state index contributed by atoms with van der Waals surface area (Å²) in [5.41, 5.74) is -0.557. The zero-order valence-electron chi connectivity index (χ0n) is 30.0. The number of hydrogen-bond donors (Lipinski definition) is 2. The summed E-state index contributed by atoms with van der Waals surface area (Å²) in [6.45, 7) is 19.1. The maximum Gasteiger partial charge on any atom is 0.303 e. The lowest BCUT2D eigenvalue weighted by atomic mass is 9.46. The second kappa shape index (κ2) is 11.1. The second-order valence-corrected chi connectivity index (χ2v) is 19.0. The molecule has 5 saturated carbocycles. The van der Waals surface area contributed by atoms with E-state index >= 15 is 0 Å². The third-order valence-electron chi connectivity index (χ3n) is 14.9. The summed E-state index contributed by atoms with van der Waals surface area (Å²) in [5.74, 6) is 2.31. The van der Waals surface area contributed by atoms with Gasteiger partial charge in [0, 0.05) is 26.6 Å². The van der Waals surface area contributed by atoms with Gasteiger partial charge in [0.1, 0.15) is 0 Å². The molecule has 262 valence electrons. The predicted octanol–water partition coefficient (Wildman–Crippen LogP) is 5.71. The van der Waals surface area contributed by atoms with Crippen molar-refractivity contribution in [3.63, 3.8) is 0 Å². The largest absolute Gasteiger partial charge is 0.457 e. The number of esters is 1. The van der Waals surface area contributed by atoms with Crippen LogP contribution in [0.1, 0.15) is 120 Å². The fourth-order valence-electron chi connectivity index (χ4n) is 13.2. The lowest BCUT2D eigenvalue weighted by Crippen LogP contribution is -2.56. The average molecular weight is 646 g/mol. The van der Waals surface area contributed by atoms with Crippen LogP contribution in [0.25, 0.3) is 0 Å². The molecule has 0 aromatic heterocycles. The zero-order chi connectivity index (χ0) is 33.1. The van der Waals surface area contributed by atoms with Gasteiger partial charge in [0.2, 0.25) is 0 Å². The van der Waals surface area contributed by atoms with Crippen LogP contribution in [0, 0.1) is 45.3 Å². The molecule has 0 radical (unpaired) electrons. The molecule has 2 saturated heterocycles. The maximum absolute atomic E-state index is 12.0. The number of carbonyl (C=O) groups excluding carboxylic acids is 1. The van der Waals surface area contributed by atoms with E-state index in [1.54, 1.807) is 13.8 Å². The molecular weight excluding hydrogens is 582 g/mol. The summed E-state index contributed by atoms with van der Waals surface area (Å²) in [6, 6.07) is 0. The number of β-amino-alcohol motifs (C(OH)–C–C–N with tert-alkyl or cyclic N) is 1. The van der Waals surface area contributed by atoms with Crippen LogP contribution in [0.4, 0.5) is 0 Å². The number of rotatable bonds is 7. The normalized spacial score (nSPS) is 47.4. The van der Waals surface area contributed by atoms with E-state index in [1.165, 1.54) is 45.4 Å². The highest BCUT2D eigenvalue weighted by Gasteiger charge is 2.80. The minimum atomic E-state index is -1.14. The summed E-state index contributed by atoms with van der Waals surface area (Å²) < 4.78 is 25.5. The van der Waals surface area contributed by atoms with Crippen molar-refractivity contribution in [1.82, 2.24) is 4.90 Å². The molecule has 0 bridgehead atoms. The first kappa shape index (κ1) is 33.7. The molecule has 7 aliphatic rings. The lowest BCUT2D eigenvalue weighted by molar-refractivity contribution is -0.247. The van der Waals surface area contributed by atoms with Crippen LogP contribution in [0.2, 0.25) is 0 Å². The molecule has 0 amide bonds. The van der Waals surface area contributed by atoms with E-state index in [1.807, 2.05) is 13.8 Å². The number of fused-ring (bicyclic) bond motifs is 4. The van der Waals surface area contributed by atoms with Crippen molar-refractivity contribution < 1.29 is 34.0 Å². The lowest BCUT2D eigenvalue weighted by Gasteiger charge is -2.60. The van der Waals surface area contributed by atoms with Gasteiger partial charge < -0.3 is 29.2 Å². The third-order valence-corrected chi connectivity index (χ3v) is 14.9. The van der Waals surface area contributed by atoms with Crippen molar-refractivity contribution in [2.75, 3.05) is 26.2 Å². The van der Waals surface area contributed by atoms with Gasteiger partial charge in [-0.1, -0.05) is 20.8 Å². The van der Waals surface area contributed by atoms with Gasteiger partial charge in [0.05, 0.1) is 36.1 Å². The Morgan fingerprint density at radius 2 is 1.70 bits per heavy atom. The average Bonchev–Trinajstić information content (AvgIpc) is 3.52. The molecule has 9 unspecified atom stereocenters.